The number of nitrogens with zero attached hydrogens (tertiary/aromatic N) is 1. The van der Waals surface area contributed by atoms with E-state index in [4.69, 9.17) is 46.4 Å². The van der Waals surface area contributed by atoms with Gasteiger partial charge in [-0.1, -0.05) is 81.8 Å². The van der Waals surface area contributed by atoms with Gasteiger partial charge < -0.3 is 0 Å². The van der Waals surface area contributed by atoms with Crippen LogP contribution in [0.4, 0.5) is 0 Å². The molecule has 0 bridgehead atoms. The largest absolute Gasteiger partial charge is 0.298 e. The van der Waals surface area contributed by atoms with E-state index in [-0.39, 0.29) is 0 Å². The molecule has 1 fully saturated rings. The second-order valence-corrected chi connectivity index (χ2v) is 7.97. The van der Waals surface area contributed by atoms with Gasteiger partial charge in [0, 0.05) is 33.2 Å². The van der Waals surface area contributed by atoms with Gasteiger partial charge in [0.25, 0.3) is 0 Å². The number of benzene rings is 2. The van der Waals surface area contributed by atoms with E-state index in [2.05, 4.69) is 24.1 Å². The molecule has 0 aliphatic carbocycles. The van der Waals surface area contributed by atoms with Crippen LogP contribution in [0.2, 0.25) is 20.1 Å². The average Bonchev–Trinajstić information content (AvgIpc) is 2.52. The summed E-state index contributed by atoms with van der Waals surface area (Å²) < 4.78 is 0. The van der Waals surface area contributed by atoms with Crippen molar-refractivity contribution in [2.45, 2.75) is 6.42 Å². The van der Waals surface area contributed by atoms with Gasteiger partial charge in [0.05, 0.1) is 0 Å². The van der Waals surface area contributed by atoms with Crippen LogP contribution in [0.5, 0.6) is 0 Å². The van der Waals surface area contributed by atoms with Gasteiger partial charge in [-0.3, -0.25) is 4.90 Å². The molecule has 1 heterocycles. The zero-order chi connectivity index (χ0) is 18.0. The zero-order valence-electron chi connectivity index (χ0n) is 13.7. The maximum Gasteiger partial charge on any atom is 0.0493 e. The highest BCUT2D eigenvalue weighted by Gasteiger charge is 2.16. The maximum atomic E-state index is 6.30. The van der Waals surface area contributed by atoms with Gasteiger partial charge in [-0.15, -0.1) is 0 Å². The molecule has 0 atom stereocenters. The van der Waals surface area contributed by atoms with Crippen LogP contribution in [0.1, 0.15) is 17.5 Å². The van der Waals surface area contributed by atoms with Crippen molar-refractivity contribution in [2.75, 3.05) is 20.1 Å². The quantitative estimate of drug-likeness (QED) is 0.508. The van der Waals surface area contributed by atoms with Crippen molar-refractivity contribution in [3.8, 4) is 0 Å². The van der Waals surface area contributed by atoms with E-state index in [9.17, 15) is 0 Å². The fraction of sp³-hybridized carbons (Fsp3) is 0.200. The molecule has 25 heavy (non-hydrogen) atoms. The van der Waals surface area contributed by atoms with E-state index in [1.807, 2.05) is 24.3 Å². The van der Waals surface area contributed by atoms with Gasteiger partial charge >= 0.3 is 0 Å². The van der Waals surface area contributed by atoms with Crippen molar-refractivity contribution in [1.82, 2.24) is 4.90 Å². The molecule has 1 saturated heterocycles. The number of rotatable bonds is 2. The Bertz CT molecular complexity index is 785. The fourth-order valence-corrected chi connectivity index (χ4v) is 3.95. The Balaban J connectivity index is 1.88. The van der Waals surface area contributed by atoms with Crippen molar-refractivity contribution in [3.05, 3.63) is 78.8 Å². The minimum absolute atomic E-state index is 0.644. The molecule has 0 aromatic heterocycles. The van der Waals surface area contributed by atoms with E-state index >= 15 is 0 Å². The molecule has 5 heteroatoms. The summed E-state index contributed by atoms with van der Waals surface area (Å²) in [5.74, 6) is 0. The van der Waals surface area contributed by atoms with Gasteiger partial charge in [0.15, 0.2) is 0 Å². The number of hydrogen-bond donors (Lipinski definition) is 0. The molecule has 1 aliphatic rings. The topological polar surface area (TPSA) is 3.24 Å². The Morgan fingerprint density at radius 2 is 1.20 bits per heavy atom. The fourth-order valence-electron chi connectivity index (χ4n) is 3.02. The van der Waals surface area contributed by atoms with E-state index < -0.39 is 0 Å². The summed E-state index contributed by atoms with van der Waals surface area (Å²) in [6, 6.07) is 11.2. The molecule has 0 saturated carbocycles. The summed E-state index contributed by atoms with van der Waals surface area (Å²) in [6.07, 6.45) is 5.18. The van der Waals surface area contributed by atoms with Crippen LogP contribution in [0.3, 0.4) is 0 Å². The van der Waals surface area contributed by atoms with Crippen LogP contribution < -0.4 is 0 Å². The first-order chi connectivity index (χ1) is 11.9. The normalized spacial score (nSPS) is 18.9. The molecule has 1 nitrogen and oxygen atoms in total. The summed E-state index contributed by atoms with van der Waals surface area (Å²) in [5, 5.41) is 2.62. The minimum atomic E-state index is 0.644. The van der Waals surface area contributed by atoms with Crippen molar-refractivity contribution >= 4 is 58.6 Å². The lowest BCUT2D eigenvalue weighted by molar-refractivity contribution is 0.369. The lowest BCUT2D eigenvalue weighted by Crippen LogP contribution is -2.28. The maximum absolute atomic E-state index is 6.30. The van der Waals surface area contributed by atoms with Gasteiger partial charge in [-0.05, 0) is 48.9 Å². The average molecular weight is 413 g/mol. The second-order valence-electron chi connectivity index (χ2n) is 6.29. The van der Waals surface area contributed by atoms with E-state index in [0.717, 1.165) is 30.6 Å². The second kappa shape index (κ2) is 8.16. The third kappa shape index (κ3) is 5.03. The van der Waals surface area contributed by atoms with Crippen molar-refractivity contribution in [1.29, 1.82) is 0 Å². The van der Waals surface area contributed by atoms with Crippen LogP contribution in [0.15, 0.2) is 47.5 Å². The summed E-state index contributed by atoms with van der Waals surface area (Å²) in [7, 11) is 2.10. The Labute approximate surface area is 168 Å². The molecule has 0 N–H and O–H groups in total. The summed E-state index contributed by atoms with van der Waals surface area (Å²) in [6.45, 7) is 1.81. The number of halogens is 4. The van der Waals surface area contributed by atoms with Gasteiger partial charge in [0.1, 0.15) is 0 Å². The van der Waals surface area contributed by atoms with Gasteiger partial charge in [-0.25, -0.2) is 0 Å². The first kappa shape index (κ1) is 18.8. The van der Waals surface area contributed by atoms with Crippen LogP contribution in [0.25, 0.3) is 12.2 Å². The molecule has 3 rings (SSSR count). The third-order valence-corrected chi connectivity index (χ3v) is 5.17. The zero-order valence-corrected chi connectivity index (χ0v) is 16.7. The lowest BCUT2D eigenvalue weighted by atomic mass is 9.96. The van der Waals surface area contributed by atoms with Crippen molar-refractivity contribution in [2.24, 2.45) is 0 Å². The molecule has 1 aliphatic heterocycles. The van der Waals surface area contributed by atoms with Crippen LogP contribution >= 0.6 is 46.4 Å². The van der Waals surface area contributed by atoms with Crippen molar-refractivity contribution < 1.29 is 0 Å². The number of likely N-dealkylation sites (tertiary alicyclic amines) is 1. The van der Waals surface area contributed by atoms with E-state index in [1.54, 1.807) is 12.1 Å². The number of likely N-dealkylation sites (N-methyl/N-ethyl adjacent to an activating group) is 1. The molecule has 2 aromatic rings. The summed E-state index contributed by atoms with van der Waals surface area (Å²) in [5.41, 5.74) is 4.57. The highest BCUT2D eigenvalue weighted by molar-refractivity contribution is 6.36. The lowest BCUT2D eigenvalue weighted by Gasteiger charge is -2.27. The first-order valence-electron chi connectivity index (χ1n) is 7.88. The Hall–Kier alpha value is -0.960. The van der Waals surface area contributed by atoms with E-state index in [0.29, 0.717) is 20.1 Å². The Morgan fingerprint density at radius 3 is 1.60 bits per heavy atom. The molecular formula is C20H17Cl4N. The molecule has 0 amide bonds. The van der Waals surface area contributed by atoms with Crippen LogP contribution in [0, 0.1) is 0 Å². The highest BCUT2D eigenvalue weighted by Crippen LogP contribution is 2.29. The van der Waals surface area contributed by atoms with Gasteiger partial charge in [0.2, 0.25) is 0 Å². The predicted octanol–water partition coefficient (Wildman–Crippen LogP) is 7.10. The molecular weight excluding hydrogens is 396 g/mol. The molecule has 0 radical (unpaired) electrons. The summed E-state index contributed by atoms with van der Waals surface area (Å²) >= 11 is 24.6. The molecule has 130 valence electrons. The summed E-state index contributed by atoms with van der Waals surface area (Å²) in [4.78, 5) is 2.27. The van der Waals surface area contributed by atoms with Gasteiger partial charge in [-0.2, -0.15) is 0 Å². The Kier molecular flexibility index (Phi) is 6.14. The third-order valence-electron chi connectivity index (χ3n) is 4.04. The van der Waals surface area contributed by atoms with E-state index in [1.165, 1.54) is 11.1 Å². The minimum Gasteiger partial charge on any atom is -0.298 e. The van der Waals surface area contributed by atoms with Crippen LogP contribution in [-0.2, 0) is 0 Å². The molecule has 2 aromatic carbocycles. The van der Waals surface area contributed by atoms with Crippen LogP contribution in [-0.4, -0.2) is 25.0 Å². The standard InChI is InChI=1S/C20H17Cl4N/c1-25-11-13(7-15-2-4-17(21)9-19(15)23)6-14(12-25)8-16-3-5-18(22)10-20(16)24/h2-5,7-10H,6,11-12H2,1H3/b13-7-,14-8-. The highest BCUT2D eigenvalue weighted by atomic mass is 35.5. The smallest absolute Gasteiger partial charge is 0.0493 e. The predicted molar refractivity (Wildman–Crippen MR) is 111 cm³/mol. The molecule has 0 unspecified atom stereocenters. The number of hydrogen-bond acceptors (Lipinski definition) is 1. The first-order valence-corrected chi connectivity index (χ1v) is 9.39. The van der Waals surface area contributed by atoms with Crippen molar-refractivity contribution in [3.63, 3.8) is 0 Å². The number of piperidine rings is 1. The Morgan fingerprint density at radius 1 is 0.760 bits per heavy atom. The SMILES string of the molecule is CN1C/C(=C\c2ccc(Cl)cc2Cl)C/C(=C/c2ccc(Cl)cc2Cl)C1. The monoisotopic (exact) mass is 411 g/mol. The molecule has 0 spiro atoms.